The monoisotopic (exact) mass is 345 g/mol. The van der Waals surface area contributed by atoms with Gasteiger partial charge in [0.2, 0.25) is 10.0 Å². The Balaban J connectivity index is 1.72. The number of anilines is 2. The largest absolute Gasteiger partial charge is 0.340 e. The maximum atomic E-state index is 12.5. The van der Waals surface area contributed by atoms with Crippen LogP contribution in [0.5, 0.6) is 0 Å². The highest BCUT2D eigenvalue weighted by molar-refractivity contribution is 7.89. The van der Waals surface area contributed by atoms with Gasteiger partial charge in [-0.1, -0.05) is 26.0 Å². The van der Waals surface area contributed by atoms with E-state index in [2.05, 4.69) is 36.3 Å². The Kier molecular flexibility index (Phi) is 4.87. The third-order valence-corrected chi connectivity index (χ3v) is 6.17. The summed E-state index contributed by atoms with van der Waals surface area (Å²) < 4.78 is 26.5. The first-order chi connectivity index (χ1) is 11.5. The van der Waals surface area contributed by atoms with Crippen molar-refractivity contribution in [3.05, 3.63) is 48.2 Å². The Labute approximate surface area is 143 Å². The van der Waals surface area contributed by atoms with E-state index in [0.29, 0.717) is 24.8 Å². The molecule has 1 aromatic heterocycles. The summed E-state index contributed by atoms with van der Waals surface area (Å²) >= 11 is 0. The van der Waals surface area contributed by atoms with E-state index in [0.717, 1.165) is 18.5 Å². The van der Waals surface area contributed by atoms with Gasteiger partial charge in [-0.2, -0.15) is 4.31 Å². The molecule has 0 unspecified atom stereocenters. The zero-order chi connectivity index (χ0) is 17.2. The maximum Gasteiger partial charge on any atom is 0.244 e. The molecule has 1 N–H and O–H groups in total. The van der Waals surface area contributed by atoms with E-state index >= 15 is 0 Å². The highest BCUT2D eigenvalue weighted by Crippen LogP contribution is 2.23. The molecule has 24 heavy (non-hydrogen) atoms. The van der Waals surface area contributed by atoms with Gasteiger partial charge in [-0.15, -0.1) is 0 Å². The molecule has 0 amide bonds. The summed E-state index contributed by atoms with van der Waals surface area (Å²) in [6.45, 7) is 5.52. The predicted molar refractivity (Wildman–Crippen MR) is 96.0 cm³/mol. The fourth-order valence-electron chi connectivity index (χ4n) is 2.78. The smallest absolute Gasteiger partial charge is 0.244 e. The Hall–Kier alpha value is -1.92. The lowest BCUT2D eigenvalue weighted by molar-refractivity contribution is 0.477. The Morgan fingerprint density at radius 3 is 2.25 bits per heavy atom. The van der Waals surface area contributed by atoms with E-state index in [9.17, 15) is 8.42 Å². The second-order valence-electron chi connectivity index (χ2n) is 6.39. The second kappa shape index (κ2) is 6.91. The van der Waals surface area contributed by atoms with Gasteiger partial charge in [0, 0.05) is 25.0 Å². The van der Waals surface area contributed by atoms with Crippen molar-refractivity contribution in [2.24, 2.45) is 0 Å². The molecule has 2 aromatic rings. The summed E-state index contributed by atoms with van der Waals surface area (Å²) in [5.74, 6) is 1.12. The number of sulfonamides is 1. The molecule has 1 saturated heterocycles. The van der Waals surface area contributed by atoms with E-state index in [1.807, 2.05) is 12.1 Å². The summed E-state index contributed by atoms with van der Waals surface area (Å²) in [5.41, 5.74) is 2.21. The van der Waals surface area contributed by atoms with Gasteiger partial charge in [-0.3, -0.25) is 0 Å². The van der Waals surface area contributed by atoms with E-state index in [-0.39, 0.29) is 4.90 Å². The molecule has 1 fully saturated rings. The molecule has 0 aliphatic carbocycles. The predicted octanol–water partition coefficient (Wildman–Crippen LogP) is 3.73. The molecule has 0 saturated carbocycles. The molecule has 1 aromatic carbocycles. The number of nitrogens with one attached hydrogen (secondary N) is 1. The molecule has 0 radical (unpaired) electrons. The van der Waals surface area contributed by atoms with Crippen LogP contribution in [0.1, 0.15) is 38.2 Å². The first-order valence-corrected chi connectivity index (χ1v) is 9.74. The van der Waals surface area contributed by atoms with Crippen LogP contribution in [0, 0.1) is 0 Å². The highest BCUT2D eigenvalue weighted by Gasteiger charge is 2.27. The van der Waals surface area contributed by atoms with E-state index in [1.165, 1.54) is 16.1 Å². The fourth-order valence-corrected chi connectivity index (χ4v) is 4.25. The van der Waals surface area contributed by atoms with Gasteiger partial charge in [0.25, 0.3) is 0 Å². The molecular formula is C18H23N3O2S. The van der Waals surface area contributed by atoms with Gasteiger partial charge in [0.15, 0.2) is 0 Å². The van der Waals surface area contributed by atoms with Crippen molar-refractivity contribution in [1.29, 1.82) is 0 Å². The number of nitrogens with zero attached hydrogens (tertiary/aromatic N) is 2. The molecule has 0 bridgehead atoms. The molecule has 0 atom stereocenters. The van der Waals surface area contributed by atoms with E-state index in [4.69, 9.17) is 0 Å². The Morgan fingerprint density at radius 1 is 1.04 bits per heavy atom. The van der Waals surface area contributed by atoms with Crippen molar-refractivity contribution in [3.63, 3.8) is 0 Å². The lowest BCUT2D eigenvalue weighted by Gasteiger charge is -2.15. The summed E-state index contributed by atoms with van der Waals surface area (Å²) in [5, 5.41) is 3.20. The van der Waals surface area contributed by atoms with Gasteiger partial charge < -0.3 is 5.32 Å². The normalized spacial score (nSPS) is 15.8. The van der Waals surface area contributed by atoms with Crippen molar-refractivity contribution in [3.8, 4) is 0 Å². The zero-order valence-corrected chi connectivity index (χ0v) is 14.9. The average Bonchev–Trinajstić information content (AvgIpc) is 3.11. The summed E-state index contributed by atoms with van der Waals surface area (Å²) in [6.07, 6.45) is 3.29. The Bertz CT molecular complexity index is 778. The van der Waals surface area contributed by atoms with Crippen molar-refractivity contribution in [1.82, 2.24) is 9.29 Å². The first-order valence-electron chi connectivity index (χ1n) is 8.30. The van der Waals surface area contributed by atoms with Crippen LogP contribution in [0.15, 0.2) is 47.5 Å². The molecule has 0 spiro atoms. The molecule has 3 rings (SSSR count). The van der Waals surface area contributed by atoms with Crippen LogP contribution >= 0.6 is 0 Å². The third kappa shape index (κ3) is 3.60. The molecule has 1 aliphatic heterocycles. The maximum absolute atomic E-state index is 12.5. The fraction of sp³-hybridized carbons (Fsp3) is 0.389. The number of benzene rings is 1. The second-order valence-corrected chi connectivity index (χ2v) is 8.33. The quantitative estimate of drug-likeness (QED) is 0.897. The van der Waals surface area contributed by atoms with Crippen LogP contribution in [-0.2, 0) is 10.0 Å². The number of hydrogen-bond donors (Lipinski definition) is 1. The molecule has 1 aliphatic rings. The Morgan fingerprint density at radius 2 is 1.71 bits per heavy atom. The number of rotatable bonds is 5. The minimum atomic E-state index is -3.40. The van der Waals surface area contributed by atoms with E-state index < -0.39 is 10.0 Å². The van der Waals surface area contributed by atoms with Gasteiger partial charge in [-0.05, 0) is 48.6 Å². The van der Waals surface area contributed by atoms with Gasteiger partial charge >= 0.3 is 0 Å². The lowest BCUT2D eigenvalue weighted by Crippen LogP contribution is -2.27. The molecule has 6 heteroatoms. The summed E-state index contributed by atoms with van der Waals surface area (Å²) in [7, 11) is -3.40. The summed E-state index contributed by atoms with van der Waals surface area (Å²) in [4.78, 5) is 4.51. The van der Waals surface area contributed by atoms with E-state index in [1.54, 1.807) is 12.1 Å². The lowest BCUT2D eigenvalue weighted by atomic mass is 10.0. The van der Waals surface area contributed by atoms with Crippen LogP contribution in [0.3, 0.4) is 0 Å². The SMILES string of the molecule is CC(C)c1ccc(Nc2ccc(S(=O)(=O)N3CCCC3)cn2)cc1. The zero-order valence-electron chi connectivity index (χ0n) is 14.1. The van der Waals surface area contributed by atoms with Crippen LogP contribution in [0.25, 0.3) is 0 Å². The standard InChI is InChI=1S/C18H23N3O2S/c1-14(2)15-5-7-16(8-6-15)20-18-10-9-17(13-19-18)24(22,23)21-11-3-4-12-21/h5-10,13-14H,3-4,11-12H2,1-2H3,(H,19,20). The molecular weight excluding hydrogens is 322 g/mol. The van der Waals surface area contributed by atoms with Gasteiger partial charge in [0.1, 0.15) is 10.7 Å². The van der Waals surface area contributed by atoms with Gasteiger partial charge in [-0.25, -0.2) is 13.4 Å². The van der Waals surface area contributed by atoms with Crippen molar-refractivity contribution in [2.75, 3.05) is 18.4 Å². The summed E-state index contributed by atoms with van der Waals surface area (Å²) in [6, 6.07) is 11.5. The van der Waals surface area contributed by atoms with Crippen LogP contribution in [0.2, 0.25) is 0 Å². The highest BCUT2D eigenvalue weighted by atomic mass is 32.2. The minimum Gasteiger partial charge on any atom is -0.340 e. The molecule has 128 valence electrons. The van der Waals surface area contributed by atoms with Crippen LogP contribution in [0.4, 0.5) is 11.5 Å². The van der Waals surface area contributed by atoms with Crippen LogP contribution < -0.4 is 5.32 Å². The first kappa shape index (κ1) is 16.9. The van der Waals surface area contributed by atoms with Crippen molar-refractivity contribution in [2.45, 2.75) is 37.5 Å². The third-order valence-electron chi connectivity index (χ3n) is 4.29. The molecule has 2 heterocycles. The minimum absolute atomic E-state index is 0.255. The van der Waals surface area contributed by atoms with Crippen molar-refractivity contribution >= 4 is 21.5 Å². The number of aromatic nitrogens is 1. The van der Waals surface area contributed by atoms with Gasteiger partial charge in [0.05, 0.1) is 0 Å². The average molecular weight is 345 g/mol. The number of hydrogen-bond acceptors (Lipinski definition) is 4. The van der Waals surface area contributed by atoms with Crippen molar-refractivity contribution < 1.29 is 8.42 Å². The molecule has 5 nitrogen and oxygen atoms in total. The van der Waals surface area contributed by atoms with Crippen LogP contribution in [-0.4, -0.2) is 30.8 Å². The number of pyridine rings is 1. The topological polar surface area (TPSA) is 62.3 Å².